The van der Waals surface area contributed by atoms with Crippen molar-refractivity contribution in [1.29, 1.82) is 0 Å². The Morgan fingerprint density at radius 3 is 2.33 bits per heavy atom. The third kappa shape index (κ3) is 3.03. The largest absolute Gasteiger partial charge is 0.369 e. The zero-order valence-electron chi connectivity index (χ0n) is 10.7. The lowest BCUT2D eigenvalue weighted by Gasteiger charge is -2.35. The van der Waals surface area contributed by atoms with E-state index < -0.39 is 10.0 Å². The summed E-state index contributed by atoms with van der Waals surface area (Å²) in [6.45, 7) is 4.58. The first-order valence-corrected chi connectivity index (χ1v) is 7.93. The maximum Gasteiger partial charge on any atom is 0.214 e. The average molecular weight is 267 g/mol. The Bertz CT molecular complexity index is 465. The topological polar surface area (TPSA) is 40.6 Å². The highest BCUT2D eigenvalue weighted by Gasteiger charge is 2.25. The summed E-state index contributed by atoms with van der Waals surface area (Å²) in [5, 5.41) is 0. The van der Waals surface area contributed by atoms with Crippen LogP contribution in [0, 0.1) is 6.07 Å². The molecule has 0 atom stereocenters. The van der Waals surface area contributed by atoms with Crippen molar-refractivity contribution in [3.05, 3.63) is 30.3 Å². The van der Waals surface area contributed by atoms with Gasteiger partial charge >= 0.3 is 0 Å². The molecule has 0 bridgehead atoms. The highest BCUT2D eigenvalue weighted by atomic mass is 32.2. The predicted octanol–water partition coefficient (Wildman–Crippen LogP) is 1.35. The minimum Gasteiger partial charge on any atom is -0.369 e. The van der Waals surface area contributed by atoms with Gasteiger partial charge in [0.2, 0.25) is 10.0 Å². The smallest absolute Gasteiger partial charge is 0.214 e. The molecule has 0 N–H and O–H groups in total. The van der Waals surface area contributed by atoms with Crippen LogP contribution in [0.15, 0.2) is 24.3 Å². The van der Waals surface area contributed by atoms with Crippen LogP contribution in [0.4, 0.5) is 5.69 Å². The molecule has 1 aliphatic rings. The van der Waals surface area contributed by atoms with Gasteiger partial charge in [-0.25, -0.2) is 8.42 Å². The Morgan fingerprint density at radius 2 is 1.78 bits per heavy atom. The van der Waals surface area contributed by atoms with E-state index in [0.717, 1.165) is 18.8 Å². The number of rotatable bonds is 4. The van der Waals surface area contributed by atoms with Crippen LogP contribution in [0.25, 0.3) is 0 Å². The second-order valence-electron chi connectivity index (χ2n) is 4.46. The molecule has 5 heteroatoms. The van der Waals surface area contributed by atoms with Crippen molar-refractivity contribution < 1.29 is 8.42 Å². The van der Waals surface area contributed by atoms with E-state index in [2.05, 4.69) is 11.0 Å². The molecule has 0 amide bonds. The molecule has 0 aliphatic carbocycles. The van der Waals surface area contributed by atoms with E-state index in [1.54, 1.807) is 4.31 Å². The summed E-state index contributed by atoms with van der Waals surface area (Å²) < 4.78 is 25.5. The third-order valence-electron chi connectivity index (χ3n) is 3.16. The second-order valence-corrected chi connectivity index (χ2v) is 6.55. The Morgan fingerprint density at radius 1 is 1.17 bits per heavy atom. The Labute approximate surface area is 109 Å². The molecular weight excluding hydrogens is 248 g/mol. The van der Waals surface area contributed by atoms with E-state index >= 15 is 0 Å². The second kappa shape index (κ2) is 5.71. The Kier molecular flexibility index (Phi) is 4.24. The fourth-order valence-electron chi connectivity index (χ4n) is 2.20. The molecule has 18 heavy (non-hydrogen) atoms. The van der Waals surface area contributed by atoms with Gasteiger partial charge in [0.05, 0.1) is 5.75 Å². The van der Waals surface area contributed by atoms with Crippen LogP contribution in [0.2, 0.25) is 0 Å². The summed E-state index contributed by atoms with van der Waals surface area (Å²) in [5.41, 5.74) is 1.14. The standard InChI is InChI=1S/C13H19N2O2S/c1-2-12-18(16,17)15-10-8-14(9-11-15)13-6-4-3-5-7-13/h4-7H,2,8-12H2,1H3. The number of sulfonamides is 1. The molecule has 0 aromatic heterocycles. The molecule has 1 aliphatic heterocycles. The van der Waals surface area contributed by atoms with Gasteiger partial charge in [0.1, 0.15) is 0 Å². The zero-order chi connectivity index (χ0) is 13.0. The van der Waals surface area contributed by atoms with E-state index in [-0.39, 0.29) is 5.75 Å². The summed E-state index contributed by atoms with van der Waals surface area (Å²) in [4.78, 5) is 2.21. The molecule has 99 valence electrons. The molecule has 0 unspecified atom stereocenters. The lowest BCUT2D eigenvalue weighted by atomic mass is 10.2. The van der Waals surface area contributed by atoms with Crippen molar-refractivity contribution >= 4 is 15.7 Å². The van der Waals surface area contributed by atoms with E-state index in [1.807, 2.05) is 31.2 Å². The third-order valence-corrected chi connectivity index (χ3v) is 5.24. The van der Waals surface area contributed by atoms with Gasteiger partial charge in [0, 0.05) is 31.9 Å². The van der Waals surface area contributed by atoms with Gasteiger partial charge in [-0.3, -0.25) is 0 Å². The van der Waals surface area contributed by atoms with Crippen molar-refractivity contribution in [3.63, 3.8) is 0 Å². The van der Waals surface area contributed by atoms with Crippen LogP contribution in [0.3, 0.4) is 0 Å². The summed E-state index contributed by atoms with van der Waals surface area (Å²) in [6.07, 6.45) is 0.678. The molecule has 0 saturated carbocycles. The minimum absolute atomic E-state index is 0.257. The van der Waals surface area contributed by atoms with Crippen LogP contribution in [0.1, 0.15) is 13.3 Å². The number of nitrogens with zero attached hydrogens (tertiary/aromatic N) is 2. The van der Waals surface area contributed by atoms with Crippen LogP contribution >= 0.6 is 0 Å². The van der Waals surface area contributed by atoms with E-state index in [1.165, 1.54) is 0 Å². The van der Waals surface area contributed by atoms with Gasteiger partial charge in [0.15, 0.2) is 0 Å². The number of anilines is 1. The SMILES string of the molecule is CCCS(=O)(=O)N1CCN(c2cc[c]cc2)CC1. The first-order valence-electron chi connectivity index (χ1n) is 6.32. The van der Waals surface area contributed by atoms with E-state index in [9.17, 15) is 8.42 Å². The summed E-state index contributed by atoms with van der Waals surface area (Å²) in [6, 6.07) is 10.8. The van der Waals surface area contributed by atoms with Crippen LogP contribution < -0.4 is 4.90 Å². The molecule has 1 saturated heterocycles. The predicted molar refractivity (Wildman–Crippen MR) is 73.1 cm³/mol. The monoisotopic (exact) mass is 267 g/mol. The summed E-state index contributed by atoms with van der Waals surface area (Å²) >= 11 is 0. The fourth-order valence-corrected chi connectivity index (χ4v) is 3.69. The van der Waals surface area contributed by atoms with Gasteiger partial charge in [-0.05, 0) is 24.6 Å². The minimum atomic E-state index is -3.04. The fraction of sp³-hybridized carbons (Fsp3) is 0.538. The normalized spacial score (nSPS) is 17.9. The van der Waals surface area contributed by atoms with Crippen LogP contribution in [-0.4, -0.2) is 44.7 Å². The molecule has 1 aromatic rings. The first kappa shape index (κ1) is 13.4. The Hall–Kier alpha value is -1.07. The van der Waals surface area contributed by atoms with Crippen molar-refractivity contribution in [2.45, 2.75) is 13.3 Å². The molecule has 1 heterocycles. The molecule has 0 spiro atoms. The molecule has 1 fully saturated rings. The zero-order valence-corrected chi connectivity index (χ0v) is 11.5. The van der Waals surface area contributed by atoms with Crippen LogP contribution in [0.5, 0.6) is 0 Å². The summed E-state index contributed by atoms with van der Waals surface area (Å²) in [7, 11) is -3.04. The lowest BCUT2D eigenvalue weighted by molar-refractivity contribution is 0.384. The Balaban J connectivity index is 1.97. The molecule has 1 radical (unpaired) electrons. The highest BCUT2D eigenvalue weighted by molar-refractivity contribution is 7.89. The summed E-state index contributed by atoms with van der Waals surface area (Å²) in [5.74, 6) is 0.257. The maximum atomic E-state index is 11.9. The van der Waals surface area contributed by atoms with Gasteiger partial charge in [-0.15, -0.1) is 0 Å². The number of piperazine rings is 1. The lowest BCUT2D eigenvalue weighted by Crippen LogP contribution is -2.49. The number of benzene rings is 1. The quantitative estimate of drug-likeness (QED) is 0.827. The molecule has 4 nitrogen and oxygen atoms in total. The first-order chi connectivity index (χ1) is 8.63. The van der Waals surface area contributed by atoms with Crippen LogP contribution in [-0.2, 0) is 10.0 Å². The molecular formula is C13H19N2O2S. The van der Waals surface area contributed by atoms with Crippen molar-refractivity contribution in [2.24, 2.45) is 0 Å². The van der Waals surface area contributed by atoms with Gasteiger partial charge in [0.25, 0.3) is 0 Å². The maximum absolute atomic E-state index is 11.9. The van der Waals surface area contributed by atoms with Gasteiger partial charge in [-0.1, -0.05) is 19.1 Å². The van der Waals surface area contributed by atoms with Gasteiger partial charge < -0.3 is 4.90 Å². The van der Waals surface area contributed by atoms with Crippen molar-refractivity contribution in [2.75, 3.05) is 36.8 Å². The highest BCUT2D eigenvalue weighted by Crippen LogP contribution is 2.17. The molecule has 1 aromatic carbocycles. The number of hydrogen-bond donors (Lipinski definition) is 0. The van der Waals surface area contributed by atoms with Gasteiger partial charge in [-0.2, -0.15) is 4.31 Å². The number of hydrogen-bond acceptors (Lipinski definition) is 3. The van der Waals surface area contributed by atoms with E-state index in [4.69, 9.17) is 0 Å². The van der Waals surface area contributed by atoms with Crippen molar-refractivity contribution in [3.8, 4) is 0 Å². The average Bonchev–Trinajstić information content (AvgIpc) is 2.40. The molecule has 2 rings (SSSR count). The van der Waals surface area contributed by atoms with Crippen molar-refractivity contribution in [1.82, 2.24) is 4.31 Å². The van der Waals surface area contributed by atoms with E-state index in [0.29, 0.717) is 19.5 Å².